The van der Waals surface area contributed by atoms with Gasteiger partial charge in [-0.15, -0.1) is 24.8 Å². The van der Waals surface area contributed by atoms with Crippen molar-refractivity contribution in [1.29, 1.82) is 0 Å². The van der Waals surface area contributed by atoms with Crippen molar-refractivity contribution in [2.75, 3.05) is 32.8 Å². The van der Waals surface area contributed by atoms with E-state index in [9.17, 15) is 0 Å². The highest BCUT2D eigenvalue weighted by Gasteiger charge is 2.19. The average molecular weight is 293 g/mol. The van der Waals surface area contributed by atoms with Crippen LogP contribution in [-0.2, 0) is 11.2 Å². The quantitative estimate of drug-likeness (QED) is 0.919. The Kier molecular flexibility index (Phi) is 9.42. The molecule has 1 atom stereocenters. The molecule has 3 nitrogen and oxygen atoms in total. The van der Waals surface area contributed by atoms with Gasteiger partial charge in [-0.1, -0.05) is 30.3 Å². The van der Waals surface area contributed by atoms with Gasteiger partial charge in [-0.2, -0.15) is 0 Å². The van der Waals surface area contributed by atoms with Crippen LogP contribution >= 0.6 is 24.8 Å². The molecule has 104 valence electrons. The first kappa shape index (κ1) is 17.7. The van der Waals surface area contributed by atoms with Gasteiger partial charge < -0.3 is 10.5 Å². The summed E-state index contributed by atoms with van der Waals surface area (Å²) in [4.78, 5) is 2.44. The Labute approximate surface area is 121 Å². The molecule has 1 aliphatic heterocycles. The highest BCUT2D eigenvalue weighted by molar-refractivity contribution is 5.85. The van der Waals surface area contributed by atoms with Crippen molar-refractivity contribution >= 4 is 24.8 Å². The van der Waals surface area contributed by atoms with Crippen LogP contribution in [-0.4, -0.2) is 43.8 Å². The standard InChI is InChI=1S/C13H20N2O.2ClH/c14-11-13(15-6-8-16-9-7-15)10-12-4-2-1-3-5-12;;/h1-5,13H,6-11,14H2;2*1H. The van der Waals surface area contributed by atoms with E-state index in [-0.39, 0.29) is 24.8 Å². The highest BCUT2D eigenvalue weighted by Crippen LogP contribution is 2.10. The van der Waals surface area contributed by atoms with Crippen LogP contribution in [0.4, 0.5) is 0 Å². The lowest BCUT2D eigenvalue weighted by Crippen LogP contribution is -2.47. The lowest BCUT2D eigenvalue weighted by Gasteiger charge is -2.33. The molecular formula is C13H22Cl2N2O. The molecule has 5 heteroatoms. The minimum Gasteiger partial charge on any atom is -0.379 e. The van der Waals surface area contributed by atoms with E-state index in [1.54, 1.807) is 0 Å². The zero-order valence-corrected chi connectivity index (χ0v) is 12.1. The number of benzene rings is 1. The zero-order chi connectivity index (χ0) is 11.2. The fourth-order valence-corrected chi connectivity index (χ4v) is 2.19. The molecule has 18 heavy (non-hydrogen) atoms. The maximum atomic E-state index is 5.87. The van der Waals surface area contributed by atoms with Crippen LogP contribution in [0.3, 0.4) is 0 Å². The largest absolute Gasteiger partial charge is 0.379 e. The van der Waals surface area contributed by atoms with Gasteiger partial charge in [0.05, 0.1) is 13.2 Å². The van der Waals surface area contributed by atoms with E-state index < -0.39 is 0 Å². The minimum absolute atomic E-state index is 0. The van der Waals surface area contributed by atoms with Gasteiger partial charge in [0.1, 0.15) is 0 Å². The summed E-state index contributed by atoms with van der Waals surface area (Å²) in [6, 6.07) is 11.0. The fraction of sp³-hybridized carbons (Fsp3) is 0.538. The maximum absolute atomic E-state index is 5.87. The Bertz CT molecular complexity index is 305. The molecule has 0 bridgehead atoms. The lowest BCUT2D eigenvalue weighted by atomic mass is 10.0. The van der Waals surface area contributed by atoms with Gasteiger partial charge in [0.25, 0.3) is 0 Å². The SMILES string of the molecule is Cl.Cl.NCC(Cc1ccccc1)N1CCOCC1. The third-order valence-corrected chi connectivity index (χ3v) is 3.15. The summed E-state index contributed by atoms with van der Waals surface area (Å²) >= 11 is 0. The van der Waals surface area contributed by atoms with Gasteiger partial charge in [0.15, 0.2) is 0 Å². The van der Waals surface area contributed by atoms with E-state index in [1.165, 1.54) is 5.56 Å². The van der Waals surface area contributed by atoms with Gasteiger partial charge in [-0.25, -0.2) is 0 Å². The first-order valence-electron chi connectivity index (χ1n) is 5.96. The summed E-state index contributed by atoms with van der Waals surface area (Å²) in [5, 5.41) is 0. The van der Waals surface area contributed by atoms with Crippen LogP contribution in [0.25, 0.3) is 0 Å². The Hall–Kier alpha value is -0.320. The minimum atomic E-state index is 0. The third-order valence-electron chi connectivity index (χ3n) is 3.15. The zero-order valence-electron chi connectivity index (χ0n) is 10.5. The molecule has 1 heterocycles. The number of nitrogens with zero attached hydrogens (tertiary/aromatic N) is 1. The monoisotopic (exact) mass is 292 g/mol. The van der Waals surface area contributed by atoms with Crippen LogP contribution in [0.15, 0.2) is 30.3 Å². The molecule has 1 aromatic carbocycles. The number of halogens is 2. The Morgan fingerprint density at radius 1 is 1.11 bits per heavy atom. The van der Waals surface area contributed by atoms with Crippen molar-refractivity contribution < 1.29 is 4.74 Å². The average Bonchev–Trinajstić information content (AvgIpc) is 2.38. The number of morpholine rings is 1. The van der Waals surface area contributed by atoms with Crippen molar-refractivity contribution in [1.82, 2.24) is 4.90 Å². The van der Waals surface area contributed by atoms with Crippen molar-refractivity contribution in [3.05, 3.63) is 35.9 Å². The lowest BCUT2D eigenvalue weighted by molar-refractivity contribution is 0.0184. The normalized spacial score (nSPS) is 17.4. The number of hydrogen-bond acceptors (Lipinski definition) is 3. The molecule has 0 amide bonds. The van der Waals surface area contributed by atoms with E-state index in [4.69, 9.17) is 10.5 Å². The summed E-state index contributed by atoms with van der Waals surface area (Å²) in [7, 11) is 0. The summed E-state index contributed by atoms with van der Waals surface area (Å²) in [5.41, 5.74) is 7.23. The van der Waals surface area contributed by atoms with E-state index in [2.05, 4.69) is 35.2 Å². The van der Waals surface area contributed by atoms with E-state index in [0.29, 0.717) is 6.04 Å². The second-order valence-electron chi connectivity index (χ2n) is 4.23. The molecule has 2 N–H and O–H groups in total. The van der Waals surface area contributed by atoms with Crippen molar-refractivity contribution in [2.45, 2.75) is 12.5 Å². The summed E-state index contributed by atoms with van der Waals surface area (Å²) < 4.78 is 5.36. The molecule has 1 aromatic rings. The maximum Gasteiger partial charge on any atom is 0.0594 e. The molecule has 0 saturated carbocycles. The van der Waals surface area contributed by atoms with Gasteiger partial charge >= 0.3 is 0 Å². The Morgan fingerprint density at radius 3 is 2.28 bits per heavy atom. The van der Waals surface area contributed by atoms with E-state index >= 15 is 0 Å². The smallest absolute Gasteiger partial charge is 0.0594 e. The van der Waals surface area contributed by atoms with Gasteiger partial charge in [-0.05, 0) is 12.0 Å². The van der Waals surface area contributed by atoms with Crippen LogP contribution < -0.4 is 5.73 Å². The summed E-state index contributed by atoms with van der Waals surface area (Å²) in [5.74, 6) is 0. The molecular weight excluding hydrogens is 271 g/mol. The molecule has 0 aliphatic carbocycles. The van der Waals surface area contributed by atoms with Gasteiger partial charge in [-0.3, -0.25) is 4.90 Å². The van der Waals surface area contributed by atoms with E-state index in [1.807, 2.05) is 0 Å². The highest BCUT2D eigenvalue weighted by atomic mass is 35.5. The molecule has 2 rings (SSSR count). The molecule has 1 aliphatic rings. The number of nitrogens with two attached hydrogens (primary N) is 1. The van der Waals surface area contributed by atoms with Crippen molar-refractivity contribution in [3.63, 3.8) is 0 Å². The number of ether oxygens (including phenoxy) is 1. The second kappa shape index (κ2) is 9.59. The first-order valence-corrected chi connectivity index (χ1v) is 5.96. The van der Waals surface area contributed by atoms with Crippen molar-refractivity contribution in [2.24, 2.45) is 5.73 Å². The van der Waals surface area contributed by atoms with E-state index in [0.717, 1.165) is 39.3 Å². The predicted molar refractivity (Wildman–Crippen MR) is 79.9 cm³/mol. The van der Waals surface area contributed by atoms with Crippen molar-refractivity contribution in [3.8, 4) is 0 Å². The van der Waals surface area contributed by atoms with Crippen LogP contribution in [0.1, 0.15) is 5.56 Å². The molecule has 1 fully saturated rings. The Morgan fingerprint density at radius 2 is 1.72 bits per heavy atom. The van der Waals surface area contributed by atoms with Crippen LogP contribution in [0, 0.1) is 0 Å². The summed E-state index contributed by atoms with van der Waals surface area (Å²) in [6.07, 6.45) is 1.04. The Balaban J connectivity index is 0.00000144. The van der Waals surface area contributed by atoms with Gasteiger partial charge in [0.2, 0.25) is 0 Å². The molecule has 0 radical (unpaired) electrons. The predicted octanol–water partition coefficient (Wildman–Crippen LogP) is 1.73. The second-order valence-corrected chi connectivity index (χ2v) is 4.23. The number of rotatable bonds is 4. The molecule has 0 aromatic heterocycles. The third kappa shape index (κ3) is 5.12. The number of hydrogen-bond donors (Lipinski definition) is 1. The molecule has 1 saturated heterocycles. The van der Waals surface area contributed by atoms with Gasteiger partial charge in [0, 0.05) is 25.7 Å². The molecule has 0 spiro atoms. The molecule has 1 unspecified atom stereocenters. The van der Waals surface area contributed by atoms with Crippen LogP contribution in [0.2, 0.25) is 0 Å². The first-order chi connectivity index (χ1) is 7.90. The fourth-order valence-electron chi connectivity index (χ4n) is 2.19. The van der Waals surface area contributed by atoms with Crippen LogP contribution in [0.5, 0.6) is 0 Å². The topological polar surface area (TPSA) is 38.5 Å². The summed E-state index contributed by atoms with van der Waals surface area (Å²) in [6.45, 7) is 4.41.